The van der Waals surface area contributed by atoms with Gasteiger partial charge in [0.05, 0.1) is 0 Å². The number of aromatic nitrogens is 1. The summed E-state index contributed by atoms with van der Waals surface area (Å²) in [6, 6.07) is 7.85. The molecule has 20 heavy (non-hydrogen) atoms. The molecule has 102 valence electrons. The monoisotopic (exact) mass is 286 g/mol. The van der Waals surface area contributed by atoms with Crippen LogP contribution in [0.25, 0.3) is 6.08 Å². The van der Waals surface area contributed by atoms with Crippen LogP contribution in [0.4, 0.5) is 5.13 Å². The summed E-state index contributed by atoms with van der Waals surface area (Å²) in [5, 5.41) is 4.68. The second kappa shape index (κ2) is 6.25. The first-order valence-corrected chi connectivity index (χ1v) is 6.95. The molecule has 0 saturated carbocycles. The third-order valence-electron chi connectivity index (χ3n) is 2.56. The first-order valence-electron chi connectivity index (χ1n) is 6.07. The van der Waals surface area contributed by atoms with Gasteiger partial charge >= 0.3 is 0 Å². The largest absolute Gasteiger partial charge is 0.298 e. The number of ketones is 1. The molecule has 2 aromatic rings. The Labute approximate surface area is 121 Å². The molecule has 1 N–H and O–H groups in total. The minimum absolute atomic E-state index is 0.114. The summed E-state index contributed by atoms with van der Waals surface area (Å²) in [6.45, 7) is 3.44. The summed E-state index contributed by atoms with van der Waals surface area (Å²) < 4.78 is 0. The Morgan fingerprint density at radius 1 is 1.35 bits per heavy atom. The number of Topliss-reactive ketones (excluding diaryl/α,β-unsaturated/α-hetero) is 1. The molecule has 4 nitrogen and oxygen atoms in total. The van der Waals surface area contributed by atoms with Gasteiger partial charge in [-0.15, -0.1) is 11.3 Å². The number of thiazole rings is 1. The number of rotatable bonds is 4. The molecule has 0 aliphatic heterocycles. The zero-order chi connectivity index (χ0) is 14.5. The molecule has 0 radical (unpaired) electrons. The number of carbonyl (C=O) groups excluding carboxylic acids is 2. The number of anilines is 1. The molecule has 1 heterocycles. The molecule has 2 rings (SSSR count). The van der Waals surface area contributed by atoms with Gasteiger partial charge in [0.1, 0.15) is 5.69 Å². The summed E-state index contributed by atoms with van der Waals surface area (Å²) in [6.07, 6.45) is 3.19. The van der Waals surface area contributed by atoms with Crippen LogP contribution >= 0.6 is 11.3 Å². The predicted octanol–water partition coefficient (Wildman–Crippen LogP) is 3.31. The van der Waals surface area contributed by atoms with Crippen molar-refractivity contribution in [1.29, 1.82) is 0 Å². The standard InChI is InChI=1S/C15H14N2O2S/c1-10-4-3-5-12(8-10)6-7-14(19)17-15-16-13(9-20-15)11(2)18/h3-9H,1-2H3,(H,16,17,19)/b7-6+. The lowest BCUT2D eigenvalue weighted by molar-refractivity contribution is -0.111. The number of amides is 1. The van der Waals surface area contributed by atoms with Gasteiger partial charge in [0, 0.05) is 18.4 Å². The number of hydrogen-bond donors (Lipinski definition) is 1. The van der Waals surface area contributed by atoms with Gasteiger partial charge in [-0.1, -0.05) is 29.8 Å². The Bertz CT molecular complexity index is 674. The highest BCUT2D eigenvalue weighted by molar-refractivity contribution is 7.14. The average Bonchev–Trinajstić information content (AvgIpc) is 2.85. The molecule has 1 aromatic heterocycles. The summed E-state index contributed by atoms with van der Waals surface area (Å²) in [7, 11) is 0. The van der Waals surface area contributed by atoms with E-state index in [1.54, 1.807) is 11.5 Å². The van der Waals surface area contributed by atoms with Gasteiger partial charge in [-0.2, -0.15) is 0 Å². The van der Waals surface area contributed by atoms with Crippen LogP contribution in [0, 0.1) is 6.92 Å². The second-order valence-corrected chi connectivity index (χ2v) is 5.19. The fraction of sp³-hybridized carbons (Fsp3) is 0.133. The zero-order valence-corrected chi connectivity index (χ0v) is 12.0. The highest BCUT2D eigenvalue weighted by Crippen LogP contribution is 2.15. The molecular weight excluding hydrogens is 272 g/mol. The maximum atomic E-state index is 11.7. The molecule has 0 atom stereocenters. The van der Waals surface area contributed by atoms with Gasteiger partial charge in [0.25, 0.3) is 0 Å². The molecule has 5 heteroatoms. The maximum absolute atomic E-state index is 11.7. The Kier molecular flexibility index (Phi) is 4.42. The Hall–Kier alpha value is -2.27. The van der Waals surface area contributed by atoms with Gasteiger partial charge in [0.2, 0.25) is 5.91 Å². The van der Waals surface area contributed by atoms with Crippen LogP contribution in [0.5, 0.6) is 0 Å². The molecule has 0 aliphatic carbocycles. The van der Waals surface area contributed by atoms with E-state index in [0.29, 0.717) is 10.8 Å². The van der Waals surface area contributed by atoms with Gasteiger partial charge in [-0.25, -0.2) is 4.98 Å². The number of benzene rings is 1. The van der Waals surface area contributed by atoms with Crippen LogP contribution in [0.2, 0.25) is 0 Å². The first kappa shape index (κ1) is 14.1. The van der Waals surface area contributed by atoms with E-state index in [-0.39, 0.29) is 11.7 Å². The summed E-state index contributed by atoms with van der Waals surface area (Å²) in [5.41, 5.74) is 2.47. The Morgan fingerprint density at radius 2 is 2.15 bits per heavy atom. The third kappa shape index (κ3) is 3.86. The summed E-state index contributed by atoms with van der Waals surface area (Å²) in [5.74, 6) is -0.381. The number of nitrogens with zero attached hydrogens (tertiary/aromatic N) is 1. The van der Waals surface area contributed by atoms with Crippen molar-refractivity contribution in [1.82, 2.24) is 4.98 Å². The maximum Gasteiger partial charge on any atom is 0.250 e. The number of hydrogen-bond acceptors (Lipinski definition) is 4. The van der Waals surface area contributed by atoms with Gasteiger partial charge in [0.15, 0.2) is 10.9 Å². The van der Waals surface area contributed by atoms with Crippen molar-refractivity contribution in [2.75, 3.05) is 5.32 Å². The molecule has 0 spiro atoms. The van der Waals surface area contributed by atoms with E-state index in [9.17, 15) is 9.59 Å². The van der Waals surface area contributed by atoms with Crippen molar-refractivity contribution in [2.45, 2.75) is 13.8 Å². The van der Waals surface area contributed by atoms with E-state index < -0.39 is 0 Å². The predicted molar refractivity (Wildman–Crippen MR) is 81.0 cm³/mol. The lowest BCUT2D eigenvalue weighted by Crippen LogP contribution is -2.07. The van der Waals surface area contributed by atoms with E-state index in [0.717, 1.165) is 11.1 Å². The molecule has 0 unspecified atom stereocenters. The summed E-state index contributed by atoms with van der Waals surface area (Å²) >= 11 is 1.23. The molecule has 1 aromatic carbocycles. The highest BCUT2D eigenvalue weighted by Gasteiger charge is 2.07. The van der Waals surface area contributed by atoms with Crippen molar-refractivity contribution in [3.8, 4) is 0 Å². The van der Waals surface area contributed by atoms with Gasteiger partial charge in [-0.05, 0) is 18.6 Å². The van der Waals surface area contributed by atoms with E-state index in [2.05, 4.69) is 10.3 Å². The number of carbonyl (C=O) groups is 2. The quantitative estimate of drug-likeness (QED) is 0.693. The van der Waals surface area contributed by atoms with E-state index in [1.807, 2.05) is 31.2 Å². The Morgan fingerprint density at radius 3 is 2.80 bits per heavy atom. The minimum atomic E-state index is -0.268. The zero-order valence-electron chi connectivity index (χ0n) is 11.2. The third-order valence-corrected chi connectivity index (χ3v) is 3.32. The Balaban J connectivity index is 1.99. The summed E-state index contributed by atoms with van der Waals surface area (Å²) in [4.78, 5) is 26.9. The van der Waals surface area contributed by atoms with Crippen molar-refractivity contribution in [3.05, 3.63) is 52.5 Å². The van der Waals surface area contributed by atoms with E-state index >= 15 is 0 Å². The van der Waals surface area contributed by atoms with Crippen molar-refractivity contribution in [3.63, 3.8) is 0 Å². The van der Waals surface area contributed by atoms with E-state index in [4.69, 9.17) is 0 Å². The fourth-order valence-electron chi connectivity index (χ4n) is 1.59. The second-order valence-electron chi connectivity index (χ2n) is 4.33. The lowest BCUT2D eigenvalue weighted by atomic mass is 10.1. The van der Waals surface area contributed by atoms with Crippen LogP contribution in [-0.2, 0) is 4.79 Å². The molecular formula is C15H14N2O2S. The number of nitrogens with one attached hydrogen (secondary N) is 1. The SMILES string of the molecule is CC(=O)c1csc(NC(=O)/C=C/c2cccc(C)c2)n1. The lowest BCUT2D eigenvalue weighted by Gasteiger charge is -1.97. The van der Waals surface area contributed by atoms with Crippen LogP contribution in [-0.4, -0.2) is 16.7 Å². The smallest absolute Gasteiger partial charge is 0.250 e. The molecule has 0 bridgehead atoms. The topological polar surface area (TPSA) is 59.1 Å². The van der Waals surface area contributed by atoms with Crippen molar-refractivity contribution in [2.24, 2.45) is 0 Å². The van der Waals surface area contributed by atoms with Gasteiger partial charge < -0.3 is 0 Å². The van der Waals surface area contributed by atoms with Crippen molar-refractivity contribution < 1.29 is 9.59 Å². The van der Waals surface area contributed by atoms with Gasteiger partial charge in [-0.3, -0.25) is 14.9 Å². The van der Waals surface area contributed by atoms with E-state index in [1.165, 1.54) is 24.3 Å². The van der Waals surface area contributed by atoms with Crippen LogP contribution in [0.3, 0.4) is 0 Å². The molecule has 0 fully saturated rings. The van der Waals surface area contributed by atoms with Crippen LogP contribution in [0.1, 0.15) is 28.5 Å². The van der Waals surface area contributed by atoms with Crippen LogP contribution < -0.4 is 5.32 Å². The van der Waals surface area contributed by atoms with Crippen LogP contribution in [0.15, 0.2) is 35.7 Å². The highest BCUT2D eigenvalue weighted by atomic mass is 32.1. The minimum Gasteiger partial charge on any atom is -0.298 e. The fourth-order valence-corrected chi connectivity index (χ4v) is 2.34. The average molecular weight is 286 g/mol. The van der Waals surface area contributed by atoms with Crippen molar-refractivity contribution >= 4 is 34.2 Å². The number of aryl methyl sites for hydroxylation is 1. The molecule has 0 aliphatic rings. The molecule has 1 amide bonds. The molecule has 0 saturated heterocycles. The normalized spacial score (nSPS) is 10.7. The first-order chi connectivity index (χ1) is 9.54.